The summed E-state index contributed by atoms with van der Waals surface area (Å²) in [5.41, 5.74) is 0. The highest BCUT2D eigenvalue weighted by Crippen LogP contribution is 2.41. The Balaban J connectivity index is 1.32. The molecule has 3 aliphatic rings. The van der Waals surface area contributed by atoms with Gasteiger partial charge in [-0.3, -0.25) is 0 Å². The molecule has 0 spiro atoms. The molecule has 3 fully saturated rings. The molecule has 0 amide bonds. The molecule has 0 heterocycles. The summed E-state index contributed by atoms with van der Waals surface area (Å²) in [4.78, 5) is 0. The van der Waals surface area contributed by atoms with Gasteiger partial charge in [0.15, 0.2) is 0 Å². The van der Waals surface area contributed by atoms with Crippen LogP contribution in [0.5, 0.6) is 0 Å². The van der Waals surface area contributed by atoms with Crippen molar-refractivity contribution in [1.82, 2.24) is 0 Å². The minimum absolute atomic E-state index is 0.269. The van der Waals surface area contributed by atoms with Crippen LogP contribution in [0.3, 0.4) is 0 Å². The van der Waals surface area contributed by atoms with Crippen molar-refractivity contribution < 1.29 is 1.37 Å². The molecule has 3 saturated carbocycles. The molecule has 0 unspecified atom stereocenters. The van der Waals surface area contributed by atoms with Crippen LogP contribution in [0.15, 0.2) is 0 Å². The summed E-state index contributed by atoms with van der Waals surface area (Å²) < 4.78 is 7.84. The van der Waals surface area contributed by atoms with Gasteiger partial charge in [-0.25, -0.2) is 0 Å². The molecule has 3 rings (SSSR count). The van der Waals surface area contributed by atoms with Gasteiger partial charge in [0.05, 0.1) is 0 Å². The van der Waals surface area contributed by atoms with Crippen LogP contribution in [-0.2, 0) is 0 Å². The van der Waals surface area contributed by atoms with E-state index >= 15 is 0 Å². The molecule has 0 N–H and O–H groups in total. The Hall–Kier alpha value is 0. The van der Waals surface area contributed by atoms with Crippen LogP contribution >= 0.6 is 0 Å². The lowest BCUT2D eigenvalue weighted by atomic mass is 9.71. The average Bonchev–Trinajstić information content (AvgIpc) is 2.54. The van der Waals surface area contributed by atoms with Crippen molar-refractivity contribution in [3.63, 3.8) is 0 Å². The van der Waals surface area contributed by atoms with Crippen molar-refractivity contribution in [3.8, 4) is 0 Å². The standard InChI is InChI=1S/C21H38/c1-17-7-9-19(10-8-17)16-21-13-11-20(12-14-21)15-18-5-3-2-4-6-18/h17-21H,2-16H2,1H3/i2D. The third kappa shape index (κ3) is 5.00. The largest absolute Gasteiger partial charge is 0.0625 e. The zero-order valence-electron chi connectivity index (χ0n) is 15.4. The summed E-state index contributed by atoms with van der Waals surface area (Å²) in [6.45, 7) is 2.44. The van der Waals surface area contributed by atoms with Crippen LogP contribution in [0.25, 0.3) is 0 Å². The molecule has 0 aromatic carbocycles. The maximum Gasteiger partial charge on any atom is 0.0267 e. The lowest BCUT2D eigenvalue weighted by Crippen LogP contribution is -2.22. The first kappa shape index (κ1) is 14.6. The summed E-state index contributed by atoms with van der Waals surface area (Å²) in [7, 11) is 0. The first-order chi connectivity index (χ1) is 10.7. The first-order valence-electron chi connectivity index (χ1n) is 10.7. The molecule has 21 heavy (non-hydrogen) atoms. The molecule has 0 heteroatoms. The fourth-order valence-corrected chi connectivity index (χ4v) is 5.44. The number of hydrogen-bond acceptors (Lipinski definition) is 0. The molecule has 0 aliphatic heterocycles. The summed E-state index contributed by atoms with van der Waals surface area (Å²) in [5.74, 6) is 5.16. The van der Waals surface area contributed by atoms with Crippen LogP contribution in [0.1, 0.15) is 105 Å². The van der Waals surface area contributed by atoms with E-state index in [0.29, 0.717) is 0 Å². The van der Waals surface area contributed by atoms with Gasteiger partial charge in [0.25, 0.3) is 0 Å². The third-order valence-electron chi connectivity index (χ3n) is 6.99. The van der Waals surface area contributed by atoms with E-state index in [1.807, 2.05) is 0 Å². The van der Waals surface area contributed by atoms with Crippen LogP contribution < -0.4 is 0 Å². The van der Waals surface area contributed by atoms with Gasteiger partial charge in [-0.1, -0.05) is 90.4 Å². The summed E-state index contributed by atoms with van der Waals surface area (Å²) in [6, 6.07) is 0. The van der Waals surface area contributed by atoms with Gasteiger partial charge >= 0.3 is 0 Å². The fraction of sp³-hybridized carbons (Fsp3) is 1.00. The van der Waals surface area contributed by atoms with Gasteiger partial charge in [-0.05, 0) is 42.4 Å². The van der Waals surface area contributed by atoms with Gasteiger partial charge in [0, 0.05) is 1.37 Å². The lowest BCUT2D eigenvalue weighted by molar-refractivity contribution is 0.174. The zero-order valence-corrected chi connectivity index (χ0v) is 14.4. The first-order valence-corrected chi connectivity index (χ1v) is 10.1. The smallest absolute Gasteiger partial charge is 0.0267 e. The molecular weight excluding hydrogens is 252 g/mol. The van der Waals surface area contributed by atoms with E-state index in [2.05, 4.69) is 6.92 Å². The lowest BCUT2D eigenvalue weighted by Gasteiger charge is -2.35. The van der Waals surface area contributed by atoms with E-state index in [1.165, 1.54) is 83.5 Å². The highest BCUT2D eigenvalue weighted by atomic mass is 14.3. The highest BCUT2D eigenvalue weighted by Gasteiger charge is 2.27. The van der Waals surface area contributed by atoms with Crippen LogP contribution in [-0.4, -0.2) is 0 Å². The fourth-order valence-electron chi connectivity index (χ4n) is 5.44. The Kier molecular flexibility index (Phi) is 5.57. The van der Waals surface area contributed by atoms with Crippen molar-refractivity contribution in [2.24, 2.45) is 29.6 Å². The zero-order chi connectivity index (χ0) is 15.4. The quantitative estimate of drug-likeness (QED) is 0.524. The normalized spacial score (nSPS) is 46.0. The second-order valence-corrected chi connectivity index (χ2v) is 8.79. The molecule has 0 saturated heterocycles. The second-order valence-electron chi connectivity index (χ2n) is 8.79. The Bertz CT molecular complexity index is 270. The monoisotopic (exact) mass is 291 g/mol. The molecule has 0 nitrogen and oxygen atoms in total. The Morgan fingerprint density at radius 3 is 1.48 bits per heavy atom. The predicted molar refractivity (Wildman–Crippen MR) is 92.4 cm³/mol. The molecule has 122 valence electrons. The van der Waals surface area contributed by atoms with Crippen LogP contribution in [0.2, 0.25) is 0 Å². The van der Waals surface area contributed by atoms with Gasteiger partial charge < -0.3 is 0 Å². The van der Waals surface area contributed by atoms with Crippen molar-refractivity contribution in [3.05, 3.63) is 0 Å². The van der Waals surface area contributed by atoms with E-state index in [0.717, 1.165) is 29.6 Å². The molecule has 3 aliphatic carbocycles. The van der Waals surface area contributed by atoms with E-state index in [9.17, 15) is 0 Å². The predicted octanol–water partition coefficient (Wildman–Crippen LogP) is 6.98. The summed E-state index contributed by atoms with van der Waals surface area (Å²) in [6.07, 6.45) is 20.6. The van der Waals surface area contributed by atoms with Crippen LogP contribution in [0, 0.1) is 29.6 Å². The molecule has 0 aromatic heterocycles. The van der Waals surface area contributed by atoms with E-state index in [-0.39, 0.29) is 6.40 Å². The maximum absolute atomic E-state index is 7.84. The van der Waals surface area contributed by atoms with E-state index in [1.54, 1.807) is 6.42 Å². The van der Waals surface area contributed by atoms with Crippen molar-refractivity contribution in [2.45, 2.75) is 103 Å². The Labute approximate surface area is 134 Å². The van der Waals surface area contributed by atoms with Crippen LogP contribution in [0.4, 0.5) is 0 Å². The van der Waals surface area contributed by atoms with Gasteiger partial charge in [0.2, 0.25) is 0 Å². The van der Waals surface area contributed by atoms with E-state index in [4.69, 9.17) is 1.37 Å². The summed E-state index contributed by atoms with van der Waals surface area (Å²) >= 11 is 0. The van der Waals surface area contributed by atoms with Crippen molar-refractivity contribution in [1.29, 1.82) is 0 Å². The summed E-state index contributed by atoms with van der Waals surface area (Å²) in [5, 5.41) is 0. The Morgan fingerprint density at radius 2 is 1.00 bits per heavy atom. The maximum atomic E-state index is 7.84. The minimum Gasteiger partial charge on any atom is -0.0625 e. The van der Waals surface area contributed by atoms with Crippen molar-refractivity contribution >= 4 is 0 Å². The molecule has 0 atom stereocenters. The molecule has 0 radical (unpaired) electrons. The molecule has 0 aromatic rings. The van der Waals surface area contributed by atoms with Gasteiger partial charge in [-0.2, -0.15) is 0 Å². The SMILES string of the molecule is [2H]C1CCC(CC2CCC(CC3CCC(C)CC3)CC2)CC1. The van der Waals surface area contributed by atoms with Crippen molar-refractivity contribution in [2.75, 3.05) is 0 Å². The number of hydrogen-bond donors (Lipinski definition) is 0. The van der Waals surface area contributed by atoms with Gasteiger partial charge in [0.1, 0.15) is 0 Å². The average molecular weight is 292 g/mol. The molecular formula is C21H38. The molecule has 0 bridgehead atoms. The van der Waals surface area contributed by atoms with E-state index < -0.39 is 0 Å². The highest BCUT2D eigenvalue weighted by molar-refractivity contribution is 4.79. The third-order valence-corrected chi connectivity index (χ3v) is 6.99. The topological polar surface area (TPSA) is 0 Å². The number of rotatable bonds is 4. The van der Waals surface area contributed by atoms with Gasteiger partial charge in [-0.15, -0.1) is 0 Å². The minimum atomic E-state index is 0.269. The second kappa shape index (κ2) is 8.02. The Morgan fingerprint density at radius 1 is 0.619 bits per heavy atom.